The predicted molar refractivity (Wildman–Crippen MR) is 84.3 cm³/mol. The molecule has 0 aliphatic rings. The number of hydrogen-bond acceptors (Lipinski definition) is 4. The smallest absolute Gasteiger partial charge is 0.229 e. The maximum atomic E-state index is 13.9. The minimum atomic E-state index is -3.53. The Kier molecular flexibility index (Phi) is 5.65. The fraction of sp³-hybridized carbons (Fsp3) is 0.538. The van der Waals surface area contributed by atoms with E-state index in [1.165, 1.54) is 12.1 Å². The summed E-state index contributed by atoms with van der Waals surface area (Å²) < 4.78 is 52.6. The topological polar surface area (TPSA) is 81.3 Å². The van der Waals surface area contributed by atoms with Crippen LogP contribution in [0.2, 0.25) is 0 Å². The molecule has 1 unspecified atom stereocenters. The van der Waals surface area contributed by atoms with Gasteiger partial charge in [0.2, 0.25) is 10.0 Å². The molecular formula is C13H21FN2O3S2. The Morgan fingerprint density at radius 1 is 1.33 bits per heavy atom. The molecule has 8 heteroatoms. The van der Waals surface area contributed by atoms with Crippen LogP contribution in [-0.4, -0.2) is 24.0 Å². The monoisotopic (exact) mass is 336 g/mol. The van der Waals surface area contributed by atoms with Gasteiger partial charge in [-0.25, -0.2) is 12.8 Å². The second-order valence-electron chi connectivity index (χ2n) is 5.83. The zero-order chi connectivity index (χ0) is 16.4. The molecule has 0 saturated carbocycles. The van der Waals surface area contributed by atoms with Crippen LogP contribution in [0.4, 0.5) is 10.1 Å². The maximum Gasteiger partial charge on any atom is 0.229 e. The van der Waals surface area contributed by atoms with Gasteiger partial charge in [0.1, 0.15) is 10.6 Å². The number of hydrogen-bond donors (Lipinski definition) is 2. The minimum absolute atomic E-state index is 0.106. The lowest BCUT2D eigenvalue weighted by Gasteiger charge is -2.26. The zero-order valence-electron chi connectivity index (χ0n) is 12.7. The Morgan fingerprint density at radius 3 is 2.33 bits per heavy atom. The molecule has 0 bridgehead atoms. The Hall–Kier alpha value is -0.830. The molecule has 0 aliphatic heterocycles. The van der Waals surface area contributed by atoms with Crippen LogP contribution >= 0.6 is 0 Å². The molecule has 120 valence electrons. The third-order valence-corrected chi connectivity index (χ3v) is 4.90. The van der Waals surface area contributed by atoms with E-state index in [2.05, 4.69) is 9.44 Å². The van der Waals surface area contributed by atoms with Crippen LogP contribution in [0.15, 0.2) is 18.2 Å². The second kappa shape index (κ2) is 6.51. The normalized spacial score (nSPS) is 15.6. The van der Waals surface area contributed by atoms with Gasteiger partial charge in [-0.3, -0.25) is 4.72 Å². The summed E-state index contributed by atoms with van der Waals surface area (Å²) in [7, 11) is -3.53. The molecule has 1 aromatic carbocycles. The molecule has 0 heterocycles. The highest BCUT2D eigenvalue weighted by Gasteiger charge is 2.28. The molecule has 0 spiro atoms. The number of sulfonamides is 1. The molecule has 0 radical (unpaired) electrons. The van der Waals surface area contributed by atoms with Crippen LogP contribution in [0.1, 0.15) is 39.3 Å². The van der Waals surface area contributed by atoms with Crippen molar-refractivity contribution in [2.24, 2.45) is 0 Å². The molecule has 2 atom stereocenters. The third kappa shape index (κ3) is 5.82. The van der Waals surface area contributed by atoms with Crippen molar-refractivity contribution >= 4 is 27.1 Å². The first kappa shape index (κ1) is 18.2. The Labute approximate surface area is 128 Å². The van der Waals surface area contributed by atoms with Crippen molar-refractivity contribution in [1.29, 1.82) is 0 Å². The van der Waals surface area contributed by atoms with Gasteiger partial charge in [-0.2, -0.15) is 0 Å². The largest absolute Gasteiger partial charge is 0.598 e. The highest BCUT2D eigenvalue weighted by Crippen LogP contribution is 2.23. The van der Waals surface area contributed by atoms with E-state index in [1.807, 2.05) is 20.8 Å². The number of nitrogens with one attached hydrogen (secondary N) is 2. The van der Waals surface area contributed by atoms with E-state index in [4.69, 9.17) is 0 Å². The summed E-state index contributed by atoms with van der Waals surface area (Å²) >= 11 is -1.28. The number of anilines is 1. The van der Waals surface area contributed by atoms with Crippen LogP contribution in [0, 0.1) is 5.82 Å². The minimum Gasteiger partial charge on any atom is -0.598 e. The highest BCUT2D eigenvalue weighted by atomic mass is 32.2. The molecule has 5 nitrogen and oxygen atoms in total. The van der Waals surface area contributed by atoms with Gasteiger partial charge in [0, 0.05) is 11.4 Å². The lowest BCUT2D eigenvalue weighted by Crippen LogP contribution is -2.40. The number of rotatable bonds is 5. The van der Waals surface area contributed by atoms with E-state index < -0.39 is 31.9 Å². The fourth-order valence-electron chi connectivity index (χ4n) is 1.49. The van der Waals surface area contributed by atoms with Crippen LogP contribution in [-0.2, 0) is 21.4 Å². The van der Waals surface area contributed by atoms with Crippen molar-refractivity contribution in [3.8, 4) is 0 Å². The van der Waals surface area contributed by atoms with Crippen molar-refractivity contribution in [1.82, 2.24) is 4.72 Å². The number of halogens is 1. The van der Waals surface area contributed by atoms with Gasteiger partial charge in [-0.05, 0) is 45.4 Å². The van der Waals surface area contributed by atoms with Crippen LogP contribution in [0.3, 0.4) is 0 Å². The van der Waals surface area contributed by atoms with Crippen molar-refractivity contribution in [2.45, 2.75) is 38.5 Å². The summed E-state index contributed by atoms with van der Waals surface area (Å²) in [6.07, 6.45) is 0.955. The Bertz CT molecular complexity index is 600. The first-order chi connectivity index (χ1) is 9.40. The lowest BCUT2D eigenvalue weighted by atomic mass is 10.1. The second-order valence-corrected chi connectivity index (χ2v) is 9.58. The highest BCUT2D eigenvalue weighted by molar-refractivity contribution is 7.92. The van der Waals surface area contributed by atoms with E-state index in [1.54, 1.807) is 13.0 Å². The predicted octanol–water partition coefficient (Wildman–Crippen LogP) is 2.31. The summed E-state index contributed by atoms with van der Waals surface area (Å²) in [5.41, 5.74) is 0.481. The molecule has 0 aliphatic carbocycles. The van der Waals surface area contributed by atoms with Gasteiger partial charge in [-0.1, -0.05) is 6.07 Å². The molecule has 2 N–H and O–H groups in total. The summed E-state index contributed by atoms with van der Waals surface area (Å²) in [5, 5.41) is 0. The molecule has 0 saturated heterocycles. The average Bonchev–Trinajstić information content (AvgIpc) is 2.28. The quantitative estimate of drug-likeness (QED) is 0.809. The van der Waals surface area contributed by atoms with Crippen molar-refractivity contribution in [2.75, 3.05) is 11.0 Å². The summed E-state index contributed by atoms with van der Waals surface area (Å²) in [6, 6.07) is 3.84. The van der Waals surface area contributed by atoms with Gasteiger partial charge in [0.25, 0.3) is 0 Å². The van der Waals surface area contributed by atoms with Crippen molar-refractivity contribution in [3.63, 3.8) is 0 Å². The summed E-state index contributed by atoms with van der Waals surface area (Å²) in [5.74, 6) is -0.673. The zero-order valence-corrected chi connectivity index (χ0v) is 14.4. The van der Waals surface area contributed by atoms with Crippen molar-refractivity contribution < 1.29 is 17.4 Å². The SMILES string of the molecule is C[C@@H](N[S+]([O-])C(C)(C)C)c1ccc(NS(C)(=O)=O)c(F)c1. The maximum absolute atomic E-state index is 13.9. The fourth-order valence-corrected chi connectivity index (χ4v) is 2.86. The van der Waals surface area contributed by atoms with Gasteiger partial charge < -0.3 is 4.55 Å². The van der Waals surface area contributed by atoms with Crippen LogP contribution in [0.5, 0.6) is 0 Å². The molecule has 1 rings (SSSR count). The van der Waals surface area contributed by atoms with Crippen molar-refractivity contribution in [3.05, 3.63) is 29.6 Å². The van der Waals surface area contributed by atoms with E-state index in [9.17, 15) is 17.4 Å². The van der Waals surface area contributed by atoms with E-state index in [0.29, 0.717) is 5.56 Å². The Balaban J connectivity index is 2.88. The van der Waals surface area contributed by atoms with Gasteiger partial charge >= 0.3 is 0 Å². The van der Waals surface area contributed by atoms with Crippen LogP contribution in [0.25, 0.3) is 0 Å². The average molecular weight is 336 g/mol. The molecule has 0 fully saturated rings. The number of benzene rings is 1. The molecule has 0 aromatic heterocycles. The standard InChI is InChI=1S/C13H21FN2O3S2/c1-9(15-20(17)13(2,3)4)10-6-7-12(11(14)8-10)16-21(5,18)19/h6-9,15-16H,1-5H3/t9-,20?/m1/s1. The summed E-state index contributed by atoms with van der Waals surface area (Å²) in [6.45, 7) is 7.27. The molecule has 0 amide bonds. The molecular weight excluding hydrogens is 315 g/mol. The summed E-state index contributed by atoms with van der Waals surface area (Å²) in [4.78, 5) is 0. The van der Waals surface area contributed by atoms with E-state index in [0.717, 1.165) is 6.26 Å². The third-order valence-electron chi connectivity index (χ3n) is 2.63. The van der Waals surface area contributed by atoms with Crippen LogP contribution < -0.4 is 9.44 Å². The molecule has 21 heavy (non-hydrogen) atoms. The van der Waals surface area contributed by atoms with E-state index in [-0.39, 0.29) is 11.7 Å². The van der Waals surface area contributed by atoms with Gasteiger partial charge in [-0.15, -0.1) is 4.72 Å². The lowest BCUT2D eigenvalue weighted by molar-refractivity contribution is 0.530. The molecule has 1 aromatic rings. The van der Waals surface area contributed by atoms with Gasteiger partial charge in [0.15, 0.2) is 0 Å². The first-order valence-electron chi connectivity index (χ1n) is 6.35. The Morgan fingerprint density at radius 2 is 1.90 bits per heavy atom. The van der Waals surface area contributed by atoms with E-state index >= 15 is 0 Å². The first-order valence-corrected chi connectivity index (χ1v) is 9.39. The van der Waals surface area contributed by atoms with Gasteiger partial charge in [0.05, 0.1) is 18.0 Å².